The van der Waals surface area contributed by atoms with Crippen LogP contribution in [0.15, 0.2) is 18.2 Å². The van der Waals surface area contributed by atoms with Crippen LogP contribution in [-0.4, -0.2) is 42.7 Å². The molecule has 0 spiro atoms. The first-order valence-electron chi connectivity index (χ1n) is 6.00. The van der Waals surface area contributed by atoms with Crippen LogP contribution in [0.1, 0.15) is 12.0 Å². The van der Waals surface area contributed by atoms with Gasteiger partial charge in [0.2, 0.25) is 0 Å². The number of nitrogens with one attached hydrogen (secondary N) is 1. The summed E-state index contributed by atoms with van der Waals surface area (Å²) in [7, 11) is 1.56. The molecule has 1 aliphatic rings. The van der Waals surface area contributed by atoms with Crippen molar-refractivity contribution in [3.63, 3.8) is 0 Å². The van der Waals surface area contributed by atoms with Crippen molar-refractivity contribution in [1.82, 2.24) is 5.32 Å². The summed E-state index contributed by atoms with van der Waals surface area (Å²) >= 11 is 0. The molecule has 0 radical (unpaired) electrons. The number of benzene rings is 1. The molecule has 1 saturated heterocycles. The fourth-order valence-electron chi connectivity index (χ4n) is 1.99. The Balaban J connectivity index is 1.86. The van der Waals surface area contributed by atoms with Crippen LogP contribution in [0.25, 0.3) is 0 Å². The fourth-order valence-corrected chi connectivity index (χ4v) is 1.99. The molecule has 3 N–H and O–H groups in total. The van der Waals surface area contributed by atoms with Gasteiger partial charge < -0.3 is 25.0 Å². The Morgan fingerprint density at radius 3 is 2.94 bits per heavy atom. The number of hydrogen-bond donors (Lipinski definition) is 3. The largest absolute Gasteiger partial charge is 0.507 e. The number of phenolic OH excluding ortho intramolecular Hbond substituents is 1. The van der Waals surface area contributed by atoms with Crippen LogP contribution in [0.5, 0.6) is 11.5 Å². The first kappa shape index (κ1) is 13.1. The van der Waals surface area contributed by atoms with Crippen LogP contribution in [0, 0.1) is 0 Å². The summed E-state index contributed by atoms with van der Waals surface area (Å²) in [5.74, 6) is 0.815. The summed E-state index contributed by atoms with van der Waals surface area (Å²) in [6, 6.07) is 5.17. The first-order chi connectivity index (χ1) is 8.63. The molecule has 0 saturated carbocycles. The van der Waals surface area contributed by atoms with Gasteiger partial charge >= 0.3 is 0 Å². The van der Waals surface area contributed by atoms with E-state index in [2.05, 4.69) is 5.32 Å². The maximum absolute atomic E-state index is 10.1. The summed E-state index contributed by atoms with van der Waals surface area (Å²) in [4.78, 5) is 0. The standard InChI is InChI=1S/C13H19NO4/c1-17-11-3-2-10(12(15)6-11)7-14-8-13(16)4-5-18-9-13/h2-3,6,14-16H,4-5,7-9H2,1H3. The third kappa shape index (κ3) is 3.13. The molecule has 0 amide bonds. The van der Waals surface area contributed by atoms with Gasteiger partial charge in [-0.15, -0.1) is 0 Å². The zero-order chi connectivity index (χ0) is 13.0. The molecule has 1 fully saturated rings. The molecular formula is C13H19NO4. The van der Waals surface area contributed by atoms with Crippen LogP contribution >= 0.6 is 0 Å². The maximum atomic E-state index is 10.1. The average Bonchev–Trinajstić information content (AvgIpc) is 2.78. The molecule has 100 valence electrons. The van der Waals surface area contributed by atoms with Crippen molar-refractivity contribution in [3.8, 4) is 11.5 Å². The van der Waals surface area contributed by atoms with E-state index in [1.165, 1.54) is 0 Å². The Labute approximate surface area is 106 Å². The molecule has 18 heavy (non-hydrogen) atoms. The summed E-state index contributed by atoms with van der Waals surface area (Å²) in [6.45, 7) is 1.93. The minimum Gasteiger partial charge on any atom is -0.507 e. The number of aromatic hydroxyl groups is 1. The summed E-state index contributed by atoms with van der Waals surface area (Å²) in [6.07, 6.45) is 0.647. The third-order valence-corrected chi connectivity index (χ3v) is 3.14. The van der Waals surface area contributed by atoms with Gasteiger partial charge in [0.05, 0.1) is 13.7 Å². The van der Waals surface area contributed by atoms with Crippen LogP contribution < -0.4 is 10.1 Å². The molecular weight excluding hydrogens is 234 g/mol. The van der Waals surface area contributed by atoms with E-state index >= 15 is 0 Å². The van der Waals surface area contributed by atoms with Crippen molar-refractivity contribution in [2.24, 2.45) is 0 Å². The lowest BCUT2D eigenvalue weighted by atomic mass is 10.0. The lowest BCUT2D eigenvalue weighted by Gasteiger charge is -2.20. The minimum atomic E-state index is -0.776. The molecule has 0 bridgehead atoms. The normalized spacial score (nSPS) is 23.2. The zero-order valence-electron chi connectivity index (χ0n) is 10.5. The second-order valence-electron chi connectivity index (χ2n) is 4.63. The summed E-state index contributed by atoms with van der Waals surface area (Å²) in [5, 5.41) is 23.0. The molecule has 1 unspecified atom stereocenters. The van der Waals surface area contributed by atoms with Gasteiger partial charge in [-0.3, -0.25) is 0 Å². The van der Waals surface area contributed by atoms with Gasteiger partial charge in [-0.1, -0.05) is 6.07 Å². The second-order valence-corrected chi connectivity index (χ2v) is 4.63. The lowest BCUT2D eigenvalue weighted by molar-refractivity contribution is 0.0268. The summed E-state index contributed by atoms with van der Waals surface area (Å²) < 4.78 is 10.2. The van der Waals surface area contributed by atoms with E-state index in [1.807, 2.05) is 0 Å². The van der Waals surface area contributed by atoms with Crippen LogP contribution in [0.4, 0.5) is 0 Å². The molecule has 1 atom stereocenters. The van der Waals surface area contributed by atoms with Crippen molar-refractivity contribution >= 4 is 0 Å². The van der Waals surface area contributed by atoms with E-state index in [9.17, 15) is 10.2 Å². The Kier molecular flexibility index (Phi) is 4.06. The predicted octanol–water partition coefficient (Wildman–Crippen LogP) is 0.642. The number of methoxy groups -OCH3 is 1. The number of rotatable bonds is 5. The van der Waals surface area contributed by atoms with Gasteiger partial charge in [-0.25, -0.2) is 0 Å². The van der Waals surface area contributed by atoms with Gasteiger partial charge in [0.25, 0.3) is 0 Å². The van der Waals surface area contributed by atoms with Crippen LogP contribution in [0.3, 0.4) is 0 Å². The molecule has 5 nitrogen and oxygen atoms in total. The van der Waals surface area contributed by atoms with Gasteiger partial charge in [0.15, 0.2) is 0 Å². The molecule has 1 aromatic carbocycles. The van der Waals surface area contributed by atoms with Gasteiger partial charge in [0, 0.05) is 37.7 Å². The smallest absolute Gasteiger partial charge is 0.123 e. The zero-order valence-corrected chi connectivity index (χ0v) is 10.5. The number of aliphatic hydroxyl groups is 1. The van der Waals surface area contributed by atoms with E-state index in [1.54, 1.807) is 25.3 Å². The highest BCUT2D eigenvalue weighted by molar-refractivity contribution is 5.39. The van der Waals surface area contributed by atoms with Gasteiger partial charge in [-0.05, 0) is 6.07 Å². The van der Waals surface area contributed by atoms with Gasteiger partial charge in [0.1, 0.15) is 17.1 Å². The third-order valence-electron chi connectivity index (χ3n) is 3.14. The molecule has 0 aliphatic carbocycles. The number of ether oxygens (including phenoxy) is 2. The molecule has 1 aromatic rings. The van der Waals surface area contributed by atoms with Crippen molar-refractivity contribution < 1.29 is 19.7 Å². The fraction of sp³-hybridized carbons (Fsp3) is 0.538. The summed E-state index contributed by atoms with van der Waals surface area (Å²) in [5.41, 5.74) is 0.000513. The molecule has 2 rings (SSSR count). The highest BCUT2D eigenvalue weighted by Crippen LogP contribution is 2.23. The topological polar surface area (TPSA) is 71.0 Å². The Morgan fingerprint density at radius 2 is 2.33 bits per heavy atom. The minimum absolute atomic E-state index is 0.191. The average molecular weight is 253 g/mol. The second kappa shape index (κ2) is 5.56. The van der Waals surface area contributed by atoms with E-state index in [0.717, 1.165) is 5.56 Å². The highest BCUT2D eigenvalue weighted by atomic mass is 16.5. The van der Waals surface area contributed by atoms with E-state index in [4.69, 9.17) is 9.47 Å². The molecule has 1 aliphatic heterocycles. The Bertz CT molecular complexity index is 402. The van der Waals surface area contributed by atoms with Crippen molar-refractivity contribution in [2.75, 3.05) is 26.9 Å². The Hall–Kier alpha value is -1.30. The monoisotopic (exact) mass is 253 g/mol. The van der Waals surface area contributed by atoms with Crippen LogP contribution in [0.2, 0.25) is 0 Å². The number of hydrogen-bond acceptors (Lipinski definition) is 5. The van der Waals surface area contributed by atoms with E-state index in [0.29, 0.717) is 38.5 Å². The van der Waals surface area contributed by atoms with Gasteiger partial charge in [-0.2, -0.15) is 0 Å². The Morgan fingerprint density at radius 1 is 1.50 bits per heavy atom. The highest BCUT2D eigenvalue weighted by Gasteiger charge is 2.31. The number of phenols is 1. The SMILES string of the molecule is COc1ccc(CNCC2(O)CCOC2)c(O)c1. The van der Waals surface area contributed by atoms with Crippen molar-refractivity contribution in [3.05, 3.63) is 23.8 Å². The molecule has 5 heteroatoms. The molecule has 0 aromatic heterocycles. The van der Waals surface area contributed by atoms with E-state index < -0.39 is 5.60 Å². The van der Waals surface area contributed by atoms with E-state index in [-0.39, 0.29) is 5.75 Å². The lowest BCUT2D eigenvalue weighted by Crippen LogP contribution is -2.40. The maximum Gasteiger partial charge on any atom is 0.123 e. The molecule has 1 heterocycles. The quantitative estimate of drug-likeness (QED) is 0.718. The van der Waals surface area contributed by atoms with Crippen LogP contribution in [-0.2, 0) is 11.3 Å². The van der Waals surface area contributed by atoms with Crippen molar-refractivity contribution in [2.45, 2.75) is 18.6 Å². The van der Waals surface area contributed by atoms with Crippen molar-refractivity contribution in [1.29, 1.82) is 0 Å². The predicted molar refractivity (Wildman–Crippen MR) is 66.8 cm³/mol. The first-order valence-corrected chi connectivity index (χ1v) is 6.00.